The number of benzene rings is 2. The highest BCUT2D eigenvalue weighted by molar-refractivity contribution is 6.61. The van der Waals surface area contributed by atoms with Gasteiger partial charge in [-0.15, -0.1) is 12.4 Å². The van der Waals surface area contributed by atoms with Gasteiger partial charge >= 0.3 is 37.9 Å². The topological polar surface area (TPSA) is 187 Å². The minimum absolute atomic E-state index is 0. The molecule has 4 heterocycles. The van der Waals surface area contributed by atoms with E-state index in [4.69, 9.17) is 54.9 Å². The first-order valence-corrected chi connectivity index (χ1v) is 28.6. The van der Waals surface area contributed by atoms with Crippen LogP contribution in [0.5, 0.6) is 0 Å². The Kier molecular flexibility index (Phi) is 19.3. The molecule has 4 aliphatic heterocycles. The third kappa shape index (κ3) is 14.3. The minimum Gasteiger partial charge on any atom is -0.453 e. The van der Waals surface area contributed by atoms with Gasteiger partial charge in [0.05, 0.1) is 42.6 Å². The van der Waals surface area contributed by atoms with Crippen molar-refractivity contribution in [3.05, 3.63) is 71.8 Å². The fourth-order valence-corrected chi connectivity index (χ4v) is 13.8. The van der Waals surface area contributed by atoms with Crippen LogP contribution < -0.4 is 11.1 Å². The molecule has 0 radical (unpaired) electrons. The average molecular weight is 1130 g/mol. The lowest BCUT2D eigenvalue weighted by molar-refractivity contribution is -0.199. The predicted octanol–water partition coefficient (Wildman–Crippen LogP) is 10.7. The smallest absolute Gasteiger partial charge is 0.453 e. The molecule has 6 saturated carbocycles. The molecule has 0 aromatic heterocycles. The van der Waals surface area contributed by atoms with Crippen LogP contribution in [0.25, 0.3) is 0 Å². The molecule has 2 aromatic rings. The number of carbonyl (C=O) groups is 4. The summed E-state index contributed by atoms with van der Waals surface area (Å²) in [6.45, 7) is 27.7. The Bertz CT molecular complexity index is 2380. The van der Waals surface area contributed by atoms with Crippen LogP contribution in [-0.4, -0.2) is 134 Å². The molecule has 432 valence electrons. The van der Waals surface area contributed by atoms with E-state index in [1.165, 1.54) is 18.4 Å². The molecule has 4 bridgehead atoms. The van der Waals surface area contributed by atoms with Gasteiger partial charge in [0.15, 0.2) is 0 Å². The number of nitrogens with one attached hydrogen (secondary N) is 1. The summed E-state index contributed by atoms with van der Waals surface area (Å²) >= 11 is 5.08. The maximum Gasteiger partial charge on any atom is 0.482 e. The van der Waals surface area contributed by atoms with Crippen molar-refractivity contribution in [2.45, 2.75) is 181 Å². The van der Waals surface area contributed by atoms with E-state index in [1.54, 1.807) is 9.80 Å². The molecule has 12 atom stereocenters. The number of halogens is 2. The van der Waals surface area contributed by atoms with E-state index in [2.05, 4.69) is 71.1 Å². The lowest BCUT2D eigenvalue weighted by atomic mass is 9.43. The van der Waals surface area contributed by atoms with Crippen molar-refractivity contribution in [3.8, 4) is 0 Å². The highest BCUT2D eigenvalue weighted by Gasteiger charge is 2.70. The van der Waals surface area contributed by atoms with Crippen molar-refractivity contribution in [1.29, 1.82) is 0 Å². The van der Waals surface area contributed by atoms with Gasteiger partial charge in [-0.1, -0.05) is 88.4 Å². The Labute approximate surface area is 475 Å². The van der Waals surface area contributed by atoms with Gasteiger partial charge in [0, 0.05) is 55.6 Å². The largest absolute Gasteiger partial charge is 0.482 e. The van der Waals surface area contributed by atoms with Crippen LogP contribution in [0.1, 0.15) is 133 Å². The highest BCUT2D eigenvalue weighted by atomic mass is 35.5. The van der Waals surface area contributed by atoms with Crippen LogP contribution in [0, 0.1) is 46.3 Å². The Morgan fingerprint density at radius 3 is 1.53 bits per heavy atom. The van der Waals surface area contributed by atoms with Gasteiger partial charge in [0.25, 0.3) is 0 Å². The SMILES string of the molecule is CC(C)(C)OC(=O)N1CC[C@H](COC(=O)Cl)C1.CC(C)(C)OC(=O)N1CC[C@H](COC(=O)N[C@@H](Cc2ccccc2)B2O[C@@H]3C[C@@H]4C[C@@H](C4(C)C)[C@]3(C)O2)C1.CC1(C)[C@@H]2C[C@H]3OB([C@@H](N)Cc4ccccc4)O[C@@]3(C)[C@H]1C2.Cl. The number of ether oxygens (including phenoxy) is 4. The molecule has 16 nitrogen and oxygen atoms in total. The van der Waals surface area contributed by atoms with Crippen molar-refractivity contribution >= 4 is 62.0 Å². The number of likely N-dealkylation sites (tertiary alicyclic amines) is 2. The molecule has 10 fully saturated rings. The summed E-state index contributed by atoms with van der Waals surface area (Å²) < 4.78 is 46.9. The number of rotatable bonds is 11. The zero-order valence-corrected chi connectivity index (χ0v) is 49.8. The molecule has 10 aliphatic rings. The van der Waals surface area contributed by atoms with E-state index < -0.39 is 29.8 Å². The lowest BCUT2D eigenvalue weighted by Crippen LogP contribution is -2.65. The maximum atomic E-state index is 13.0. The van der Waals surface area contributed by atoms with E-state index in [1.807, 2.05) is 77.9 Å². The van der Waals surface area contributed by atoms with Crippen LogP contribution in [0.15, 0.2) is 60.7 Å². The number of alkyl carbamates (subject to hydrolysis) is 1. The van der Waals surface area contributed by atoms with E-state index in [0.29, 0.717) is 55.8 Å². The summed E-state index contributed by atoms with van der Waals surface area (Å²) in [6.07, 6.45) is 6.65. The molecule has 2 aromatic carbocycles. The molecule has 12 rings (SSSR count). The number of nitrogens with zero attached hydrogens (tertiary/aromatic N) is 2. The molecular weight excluding hydrogens is 1040 g/mol. The van der Waals surface area contributed by atoms with E-state index in [9.17, 15) is 19.2 Å². The fourth-order valence-electron chi connectivity index (χ4n) is 13.7. The second kappa shape index (κ2) is 24.4. The predicted molar refractivity (Wildman–Crippen MR) is 303 cm³/mol. The molecule has 0 spiro atoms. The number of nitrogens with two attached hydrogens (primary N) is 1. The Hall–Kier alpha value is -3.77. The van der Waals surface area contributed by atoms with Crippen LogP contribution in [0.2, 0.25) is 0 Å². The second-order valence-electron chi connectivity index (χ2n) is 26.8. The van der Waals surface area contributed by atoms with Crippen molar-refractivity contribution in [3.63, 3.8) is 0 Å². The van der Waals surface area contributed by atoms with Crippen molar-refractivity contribution < 1.29 is 56.7 Å². The van der Waals surface area contributed by atoms with Gasteiger partial charge in [-0.2, -0.15) is 0 Å². The van der Waals surface area contributed by atoms with Crippen LogP contribution in [0.4, 0.5) is 19.2 Å². The highest BCUT2D eigenvalue weighted by Crippen LogP contribution is 2.67. The van der Waals surface area contributed by atoms with Gasteiger partial charge in [0.1, 0.15) is 11.2 Å². The standard InChI is InChI=1S/C29H43BN2O6.C18H26BNO2.C11H18ClNO4.ClH/c1-27(2,3)36-26(34)32-13-12-20(17-32)18-35-25(33)31-24(14-19-10-8-7-9-11-19)30-37-23-16-21-15-22(28(21,4)5)29(23,6)38-30;1-17(2)13-10-14(17)18(3)15(11-13)21-19(22-18)16(20)9-12-7-5-4-6-8-12;1-11(2,3)17-10(15)13-5-4-8(6-13)7-16-9(12)14;/h7-11,20-24H,12-18H2,1-6H3,(H,31,33);4-8,13-16H,9-11,20H2,1-3H3;8H,4-7H2,1-3H3;1H/t20-,21-,22-,23+,24-,29-;13-,14-,15+,16-,18-;8-;/m000./s1. The van der Waals surface area contributed by atoms with E-state index in [0.717, 1.165) is 43.6 Å². The van der Waals surface area contributed by atoms with Crippen LogP contribution in [-0.2, 0) is 50.4 Å². The normalized spacial score (nSPS) is 31.4. The molecule has 6 aliphatic carbocycles. The number of hydrogen-bond acceptors (Lipinski definition) is 13. The molecule has 3 N–H and O–H groups in total. The summed E-state index contributed by atoms with van der Waals surface area (Å²) in [7, 11) is -0.813. The Balaban J connectivity index is 0.000000186. The van der Waals surface area contributed by atoms with Gasteiger partial charge in [-0.3, -0.25) is 0 Å². The van der Waals surface area contributed by atoms with Gasteiger partial charge in [0.2, 0.25) is 0 Å². The molecule has 20 heteroatoms. The lowest BCUT2D eigenvalue weighted by Gasteiger charge is -2.64. The summed E-state index contributed by atoms with van der Waals surface area (Å²) in [5.74, 6) is 2.22. The number of amides is 3. The van der Waals surface area contributed by atoms with Crippen molar-refractivity contribution in [2.24, 2.45) is 52.1 Å². The number of carbonyl (C=O) groups excluding carboxylic acids is 4. The maximum absolute atomic E-state index is 13.0. The Morgan fingerprint density at radius 1 is 0.667 bits per heavy atom. The first-order valence-electron chi connectivity index (χ1n) is 28.3. The monoisotopic (exact) mass is 1120 g/mol. The molecule has 78 heavy (non-hydrogen) atoms. The first kappa shape index (κ1) is 61.8. The van der Waals surface area contributed by atoms with Crippen molar-refractivity contribution in [2.75, 3.05) is 39.4 Å². The van der Waals surface area contributed by atoms with Crippen molar-refractivity contribution in [1.82, 2.24) is 15.1 Å². The summed E-state index contributed by atoms with van der Waals surface area (Å²) in [5.41, 5.74) is 7.04. The van der Waals surface area contributed by atoms with Gasteiger partial charge < -0.3 is 58.4 Å². The van der Waals surface area contributed by atoms with E-state index >= 15 is 0 Å². The van der Waals surface area contributed by atoms with E-state index in [-0.39, 0.29) is 97.5 Å². The third-order valence-electron chi connectivity index (χ3n) is 18.3. The van der Waals surface area contributed by atoms with Crippen LogP contribution in [0.3, 0.4) is 0 Å². The van der Waals surface area contributed by atoms with Gasteiger partial charge in [-0.05, 0) is 152 Å². The third-order valence-corrected chi connectivity index (χ3v) is 18.4. The second-order valence-corrected chi connectivity index (χ2v) is 27.1. The molecule has 4 saturated heterocycles. The zero-order valence-electron chi connectivity index (χ0n) is 48.3. The average Bonchev–Trinajstić information content (AvgIpc) is 4.24. The summed E-state index contributed by atoms with van der Waals surface area (Å²) in [6, 6.07) is 20.4. The molecular formula is C58H88B2Cl2N4O12. The fraction of sp³-hybridized carbons (Fsp3) is 0.724. The minimum atomic E-state index is -0.805. The quantitative estimate of drug-likeness (QED) is 0.123. The Morgan fingerprint density at radius 2 is 1.09 bits per heavy atom. The number of hydrogen-bond donors (Lipinski definition) is 2. The van der Waals surface area contributed by atoms with Crippen LogP contribution >= 0.6 is 24.0 Å². The zero-order chi connectivity index (χ0) is 55.9. The van der Waals surface area contributed by atoms with Gasteiger partial charge in [-0.25, -0.2) is 19.2 Å². The summed E-state index contributed by atoms with van der Waals surface area (Å²) in [4.78, 5) is 50.8. The first-order chi connectivity index (χ1) is 36.0. The molecule has 0 unspecified atom stereocenters. The summed E-state index contributed by atoms with van der Waals surface area (Å²) in [5, 5.41) is 3.06. The molecule has 3 amide bonds.